The minimum absolute atomic E-state index is 0.134. The second kappa shape index (κ2) is 6.38. The lowest BCUT2D eigenvalue weighted by molar-refractivity contribution is 0.0927. The quantitative estimate of drug-likeness (QED) is 0.887. The van der Waals surface area contributed by atoms with Crippen molar-refractivity contribution in [3.63, 3.8) is 0 Å². The van der Waals surface area contributed by atoms with E-state index >= 15 is 0 Å². The van der Waals surface area contributed by atoms with Crippen molar-refractivity contribution in [3.8, 4) is 5.75 Å². The number of carbonyl (C=O) groups excluding carboxylic acids is 1. The van der Waals surface area contributed by atoms with Gasteiger partial charge < -0.3 is 15.0 Å². The SMILES string of the molecule is C[C@H](CNC(=O)c1cnc[nH]1)Oc1ccccc1Br. The van der Waals surface area contributed by atoms with Gasteiger partial charge in [-0.15, -0.1) is 0 Å². The Hall–Kier alpha value is -1.82. The highest BCUT2D eigenvalue weighted by Gasteiger charge is 2.10. The van der Waals surface area contributed by atoms with Crippen LogP contribution in [0.5, 0.6) is 5.75 Å². The number of para-hydroxylation sites is 1. The molecule has 0 aliphatic rings. The Morgan fingerprint density at radius 1 is 1.53 bits per heavy atom. The highest BCUT2D eigenvalue weighted by Crippen LogP contribution is 2.24. The fourth-order valence-corrected chi connectivity index (χ4v) is 1.89. The van der Waals surface area contributed by atoms with E-state index in [9.17, 15) is 4.79 Å². The Morgan fingerprint density at radius 3 is 3.00 bits per heavy atom. The van der Waals surface area contributed by atoms with E-state index in [0.29, 0.717) is 12.2 Å². The number of hydrogen-bond acceptors (Lipinski definition) is 3. The Labute approximate surface area is 119 Å². The molecule has 6 heteroatoms. The highest BCUT2D eigenvalue weighted by molar-refractivity contribution is 9.10. The van der Waals surface area contributed by atoms with Gasteiger partial charge in [-0.05, 0) is 35.0 Å². The summed E-state index contributed by atoms with van der Waals surface area (Å²) in [5.41, 5.74) is 0.438. The first-order valence-corrected chi connectivity index (χ1v) is 6.64. The van der Waals surface area contributed by atoms with Crippen molar-refractivity contribution in [2.24, 2.45) is 0 Å². The molecule has 0 fully saturated rings. The van der Waals surface area contributed by atoms with Crippen LogP contribution < -0.4 is 10.1 Å². The van der Waals surface area contributed by atoms with Gasteiger partial charge in [0.1, 0.15) is 17.5 Å². The summed E-state index contributed by atoms with van der Waals surface area (Å²) in [5.74, 6) is 0.561. The highest BCUT2D eigenvalue weighted by atomic mass is 79.9. The lowest BCUT2D eigenvalue weighted by Crippen LogP contribution is -2.33. The number of rotatable bonds is 5. The van der Waals surface area contributed by atoms with Gasteiger partial charge in [-0.2, -0.15) is 0 Å². The molecule has 5 nitrogen and oxygen atoms in total. The molecule has 1 aromatic heterocycles. The van der Waals surface area contributed by atoms with Gasteiger partial charge in [0.05, 0.1) is 23.5 Å². The average molecular weight is 324 g/mol. The van der Waals surface area contributed by atoms with Gasteiger partial charge in [-0.1, -0.05) is 12.1 Å². The minimum atomic E-state index is -0.194. The lowest BCUT2D eigenvalue weighted by Gasteiger charge is -2.16. The summed E-state index contributed by atoms with van der Waals surface area (Å²) in [7, 11) is 0. The van der Waals surface area contributed by atoms with Crippen molar-refractivity contribution in [3.05, 3.63) is 47.0 Å². The van der Waals surface area contributed by atoms with Gasteiger partial charge in [-0.3, -0.25) is 4.79 Å². The Bertz CT molecular complexity index is 543. The first-order chi connectivity index (χ1) is 9.16. The Kier molecular flexibility index (Phi) is 4.57. The molecule has 2 rings (SSSR count). The monoisotopic (exact) mass is 323 g/mol. The van der Waals surface area contributed by atoms with Gasteiger partial charge in [-0.25, -0.2) is 4.98 Å². The number of carbonyl (C=O) groups is 1. The molecule has 100 valence electrons. The number of nitrogens with zero attached hydrogens (tertiary/aromatic N) is 1. The van der Waals surface area contributed by atoms with Crippen LogP contribution in [0.2, 0.25) is 0 Å². The van der Waals surface area contributed by atoms with Crippen LogP contribution in [0.1, 0.15) is 17.4 Å². The molecule has 0 saturated carbocycles. The molecular weight excluding hydrogens is 310 g/mol. The molecule has 0 unspecified atom stereocenters. The van der Waals surface area contributed by atoms with Crippen molar-refractivity contribution in [1.82, 2.24) is 15.3 Å². The van der Waals surface area contributed by atoms with E-state index < -0.39 is 0 Å². The van der Waals surface area contributed by atoms with Crippen LogP contribution in [-0.4, -0.2) is 28.5 Å². The molecule has 0 aliphatic carbocycles. The number of ether oxygens (including phenoxy) is 1. The maximum absolute atomic E-state index is 11.7. The third-order valence-electron chi connectivity index (χ3n) is 2.46. The lowest BCUT2D eigenvalue weighted by atomic mass is 10.3. The third kappa shape index (κ3) is 3.82. The van der Waals surface area contributed by atoms with Crippen molar-refractivity contribution in [2.45, 2.75) is 13.0 Å². The molecule has 1 atom stereocenters. The maximum atomic E-state index is 11.7. The molecule has 2 N–H and O–H groups in total. The van der Waals surface area contributed by atoms with E-state index in [2.05, 4.69) is 31.2 Å². The van der Waals surface area contributed by atoms with Crippen molar-refractivity contribution in [1.29, 1.82) is 0 Å². The van der Waals surface area contributed by atoms with E-state index in [4.69, 9.17) is 4.74 Å². The third-order valence-corrected chi connectivity index (χ3v) is 3.11. The van der Waals surface area contributed by atoms with Gasteiger partial charge in [0, 0.05) is 0 Å². The van der Waals surface area contributed by atoms with Crippen molar-refractivity contribution < 1.29 is 9.53 Å². The summed E-state index contributed by atoms with van der Waals surface area (Å²) in [6.45, 7) is 2.31. The predicted molar refractivity (Wildman–Crippen MR) is 75.2 cm³/mol. The van der Waals surface area contributed by atoms with Gasteiger partial charge in [0.2, 0.25) is 0 Å². The maximum Gasteiger partial charge on any atom is 0.269 e. The van der Waals surface area contributed by atoms with Gasteiger partial charge >= 0.3 is 0 Å². The molecule has 0 aliphatic heterocycles. The average Bonchev–Trinajstić information content (AvgIpc) is 2.93. The molecular formula is C13H14BrN3O2. The van der Waals surface area contributed by atoms with E-state index in [1.54, 1.807) is 0 Å². The zero-order chi connectivity index (χ0) is 13.7. The fourth-order valence-electron chi connectivity index (χ4n) is 1.51. The molecule has 0 radical (unpaired) electrons. The van der Waals surface area contributed by atoms with E-state index in [-0.39, 0.29) is 12.0 Å². The van der Waals surface area contributed by atoms with E-state index in [0.717, 1.165) is 10.2 Å². The number of amides is 1. The molecule has 0 spiro atoms. The molecule has 0 bridgehead atoms. The van der Waals surface area contributed by atoms with Crippen LogP contribution in [0.15, 0.2) is 41.3 Å². The molecule has 1 amide bonds. The van der Waals surface area contributed by atoms with E-state index in [1.165, 1.54) is 12.5 Å². The number of aromatic amines is 1. The van der Waals surface area contributed by atoms with Crippen LogP contribution in [0.3, 0.4) is 0 Å². The predicted octanol–water partition coefficient (Wildman–Crippen LogP) is 2.37. The normalized spacial score (nSPS) is 11.9. The standard InChI is InChI=1S/C13H14BrN3O2/c1-9(19-12-5-3-2-4-10(12)14)6-16-13(18)11-7-15-8-17-11/h2-5,7-9H,6H2,1H3,(H,15,17)(H,16,18)/t9-/m1/s1. The first kappa shape index (κ1) is 13.6. The van der Waals surface area contributed by atoms with Crippen LogP contribution in [0, 0.1) is 0 Å². The number of aromatic nitrogens is 2. The number of halogens is 1. The van der Waals surface area contributed by atoms with Crippen molar-refractivity contribution >= 4 is 21.8 Å². The van der Waals surface area contributed by atoms with Crippen LogP contribution in [0.25, 0.3) is 0 Å². The van der Waals surface area contributed by atoms with Crippen LogP contribution in [0.4, 0.5) is 0 Å². The van der Waals surface area contributed by atoms with E-state index in [1.807, 2.05) is 31.2 Å². The Balaban J connectivity index is 1.84. The number of nitrogens with one attached hydrogen (secondary N) is 2. The summed E-state index contributed by atoms with van der Waals surface area (Å²) in [6, 6.07) is 7.60. The first-order valence-electron chi connectivity index (χ1n) is 5.84. The second-order valence-electron chi connectivity index (χ2n) is 4.03. The van der Waals surface area contributed by atoms with Crippen LogP contribution in [-0.2, 0) is 0 Å². The zero-order valence-electron chi connectivity index (χ0n) is 10.4. The molecule has 2 aromatic rings. The summed E-state index contributed by atoms with van der Waals surface area (Å²) in [6.07, 6.45) is 2.82. The van der Waals surface area contributed by atoms with Gasteiger partial charge in [0.15, 0.2) is 0 Å². The molecule has 1 heterocycles. The second-order valence-corrected chi connectivity index (χ2v) is 4.89. The number of H-pyrrole nitrogens is 1. The zero-order valence-corrected chi connectivity index (χ0v) is 12.0. The number of imidazole rings is 1. The molecule has 0 saturated heterocycles. The smallest absolute Gasteiger partial charge is 0.269 e. The summed E-state index contributed by atoms with van der Waals surface area (Å²) >= 11 is 3.41. The molecule has 19 heavy (non-hydrogen) atoms. The van der Waals surface area contributed by atoms with Gasteiger partial charge in [0.25, 0.3) is 5.91 Å². The number of hydrogen-bond donors (Lipinski definition) is 2. The fraction of sp³-hybridized carbons (Fsp3) is 0.231. The molecule has 1 aromatic carbocycles. The summed E-state index contributed by atoms with van der Waals surface area (Å²) in [5, 5.41) is 2.77. The van der Waals surface area contributed by atoms with Crippen LogP contribution >= 0.6 is 15.9 Å². The summed E-state index contributed by atoms with van der Waals surface area (Å²) < 4.78 is 6.62. The minimum Gasteiger partial charge on any atom is -0.488 e. The summed E-state index contributed by atoms with van der Waals surface area (Å²) in [4.78, 5) is 18.2. The number of benzene rings is 1. The Morgan fingerprint density at radius 2 is 2.32 bits per heavy atom. The van der Waals surface area contributed by atoms with Crippen molar-refractivity contribution in [2.75, 3.05) is 6.54 Å². The topological polar surface area (TPSA) is 67.0 Å². The largest absolute Gasteiger partial charge is 0.488 e.